The van der Waals surface area contributed by atoms with Crippen LogP contribution in [0, 0.1) is 11.8 Å². The molecule has 2 heteroatoms. The molecule has 88 valence electrons. The molecule has 0 aromatic carbocycles. The van der Waals surface area contributed by atoms with E-state index in [-0.39, 0.29) is 0 Å². The summed E-state index contributed by atoms with van der Waals surface area (Å²) in [6.07, 6.45) is 7.12. The molecule has 15 heavy (non-hydrogen) atoms. The number of nitrogens with zero attached hydrogens (tertiary/aromatic N) is 1. The molecule has 0 unspecified atom stereocenters. The maximum Gasteiger partial charge on any atom is 0.000703 e. The molecule has 2 aliphatic rings. The van der Waals surface area contributed by atoms with Crippen molar-refractivity contribution in [1.29, 1.82) is 0 Å². The predicted octanol–water partition coefficient (Wildman–Crippen LogP) is 2.11. The zero-order chi connectivity index (χ0) is 10.5. The normalized spacial score (nSPS) is 30.6. The van der Waals surface area contributed by atoms with Crippen LogP contribution in [0.2, 0.25) is 0 Å². The zero-order valence-electron chi connectivity index (χ0n) is 10.2. The Balaban J connectivity index is 1.63. The minimum atomic E-state index is 0.937. The molecule has 2 aliphatic heterocycles. The van der Waals surface area contributed by atoms with E-state index in [1.54, 1.807) is 0 Å². The highest BCUT2D eigenvalue weighted by molar-refractivity contribution is 4.73. The Morgan fingerprint density at radius 2 is 2.00 bits per heavy atom. The summed E-state index contributed by atoms with van der Waals surface area (Å²) in [6.45, 7) is 8.97. The molecule has 2 heterocycles. The third-order valence-corrected chi connectivity index (χ3v) is 4.05. The van der Waals surface area contributed by atoms with Crippen LogP contribution in [0.15, 0.2) is 0 Å². The highest BCUT2D eigenvalue weighted by Crippen LogP contribution is 2.19. The fourth-order valence-electron chi connectivity index (χ4n) is 3.03. The van der Waals surface area contributed by atoms with E-state index in [9.17, 15) is 0 Å². The molecule has 2 rings (SSSR count). The van der Waals surface area contributed by atoms with Gasteiger partial charge in [-0.3, -0.25) is 0 Å². The lowest BCUT2D eigenvalue weighted by Crippen LogP contribution is -2.36. The summed E-state index contributed by atoms with van der Waals surface area (Å²) in [6, 6.07) is 0. The standard InChI is InChI=1S/C13H26N2/c1-12-3-2-9-15(11-12)10-6-13-4-7-14-8-5-13/h12-14H,2-11H2,1H3/t12-/m0/s1. The first-order chi connectivity index (χ1) is 7.34. The monoisotopic (exact) mass is 210 g/mol. The van der Waals surface area contributed by atoms with Gasteiger partial charge in [0.25, 0.3) is 0 Å². The van der Waals surface area contributed by atoms with Crippen molar-refractivity contribution in [2.45, 2.75) is 39.0 Å². The van der Waals surface area contributed by atoms with Crippen LogP contribution in [0.1, 0.15) is 39.0 Å². The van der Waals surface area contributed by atoms with Gasteiger partial charge in [-0.05, 0) is 70.1 Å². The number of rotatable bonds is 3. The van der Waals surface area contributed by atoms with Gasteiger partial charge in [0.1, 0.15) is 0 Å². The highest BCUT2D eigenvalue weighted by Gasteiger charge is 2.18. The highest BCUT2D eigenvalue weighted by atomic mass is 15.1. The van der Waals surface area contributed by atoms with Gasteiger partial charge in [-0.2, -0.15) is 0 Å². The van der Waals surface area contributed by atoms with Gasteiger partial charge in [-0.25, -0.2) is 0 Å². The Morgan fingerprint density at radius 1 is 1.20 bits per heavy atom. The van der Waals surface area contributed by atoms with Crippen molar-refractivity contribution in [1.82, 2.24) is 10.2 Å². The van der Waals surface area contributed by atoms with Crippen LogP contribution in [0.25, 0.3) is 0 Å². The van der Waals surface area contributed by atoms with Gasteiger partial charge in [0.15, 0.2) is 0 Å². The first-order valence-corrected chi connectivity index (χ1v) is 6.77. The average Bonchev–Trinajstić information content (AvgIpc) is 2.28. The molecule has 0 bridgehead atoms. The first kappa shape index (κ1) is 11.4. The van der Waals surface area contributed by atoms with Crippen molar-refractivity contribution >= 4 is 0 Å². The molecule has 1 N–H and O–H groups in total. The summed E-state index contributed by atoms with van der Waals surface area (Å²) in [7, 11) is 0. The van der Waals surface area contributed by atoms with E-state index < -0.39 is 0 Å². The topological polar surface area (TPSA) is 15.3 Å². The number of piperidine rings is 2. The van der Waals surface area contributed by atoms with Gasteiger partial charge in [0.2, 0.25) is 0 Å². The SMILES string of the molecule is C[C@H]1CCCN(CCC2CCNCC2)C1. The molecule has 2 fully saturated rings. The number of hydrogen-bond donors (Lipinski definition) is 1. The van der Waals surface area contributed by atoms with Gasteiger partial charge >= 0.3 is 0 Å². The average molecular weight is 210 g/mol. The summed E-state index contributed by atoms with van der Waals surface area (Å²) in [5.41, 5.74) is 0. The van der Waals surface area contributed by atoms with Crippen molar-refractivity contribution < 1.29 is 0 Å². The van der Waals surface area contributed by atoms with E-state index >= 15 is 0 Å². The summed E-state index contributed by atoms with van der Waals surface area (Å²) in [5.74, 6) is 1.94. The Morgan fingerprint density at radius 3 is 2.73 bits per heavy atom. The molecule has 0 aromatic heterocycles. The molecule has 0 aliphatic carbocycles. The van der Waals surface area contributed by atoms with Crippen LogP contribution < -0.4 is 5.32 Å². The number of likely N-dealkylation sites (tertiary alicyclic amines) is 1. The van der Waals surface area contributed by atoms with Gasteiger partial charge < -0.3 is 10.2 Å². The Labute approximate surface area is 94.4 Å². The molecule has 0 spiro atoms. The molecule has 2 saturated heterocycles. The second-order valence-corrected chi connectivity index (χ2v) is 5.53. The van der Waals surface area contributed by atoms with E-state index in [0.29, 0.717) is 0 Å². The third kappa shape index (κ3) is 3.76. The maximum atomic E-state index is 3.45. The van der Waals surface area contributed by atoms with Gasteiger partial charge in [-0.1, -0.05) is 6.92 Å². The van der Waals surface area contributed by atoms with E-state index in [2.05, 4.69) is 17.1 Å². The Hall–Kier alpha value is -0.0800. The molecular weight excluding hydrogens is 184 g/mol. The quantitative estimate of drug-likeness (QED) is 0.767. The summed E-state index contributed by atoms with van der Waals surface area (Å²) in [5, 5.41) is 3.45. The molecule has 1 atom stereocenters. The maximum absolute atomic E-state index is 3.45. The lowest BCUT2D eigenvalue weighted by Gasteiger charge is -2.32. The van der Waals surface area contributed by atoms with Crippen molar-refractivity contribution in [3.63, 3.8) is 0 Å². The lowest BCUT2D eigenvalue weighted by molar-refractivity contribution is 0.167. The molecule has 0 radical (unpaired) electrons. The van der Waals surface area contributed by atoms with Crippen LogP contribution in [-0.2, 0) is 0 Å². The zero-order valence-corrected chi connectivity index (χ0v) is 10.2. The van der Waals surface area contributed by atoms with Crippen LogP contribution in [-0.4, -0.2) is 37.6 Å². The molecule has 0 saturated carbocycles. The van der Waals surface area contributed by atoms with Gasteiger partial charge in [-0.15, -0.1) is 0 Å². The van der Waals surface area contributed by atoms with E-state index in [1.165, 1.54) is 64.8 Å². The first-order valence-electron chi connectivity index (χ1n) is 6.77. The summed E-state index contributed by atoms with van der Waals surface area (Å²) < 4.78 is 0. The smallest absolute Gasteiger partial charge is 0.000703 e. The largest absolute Gasteiger partial charge is 0.317 e. The van der Waals surface area contributed by atoms with E-state index in [1.807, 2.05) is 0 Å². The molecule has 2 nitrogen and oxygen atoms in total. The fourth-order valence-corrected chi connectivity index (χ4v) is 3.03. The van der Waals surface area contributed by atoms with E-state index in [0.717, 1.165) is 11.8 Å². The second-order valence-electron chi connectivity index (χ2n) is 5.53. The van der Waals surface area contributed by atoms with Crippen LogP contribution in [0.3, 0.4) is 0 Å². The van der Waals surface area contributed by atoms with Crippen molar-refractivity contribution in [3.05, 3.63) is 0 Å². The van der Waals surface area contributed by atoms with Crippen molar-refractivity contribution in [2.24, 2.45) is 11.8 Å². The third-order valence-electron chi connectivity index (χ3n) is 4.05. The summed E-state index contributed by atoms with van der Waals surface area (Å²) in [4.78, 5) is 2.69. The van der Waals surface area contributed by atoms with E-state index in [4.69, 9.17) is 0 Å². The Kier molecular flexibility index (Phi) is 4.45. The Bertz CT molecular complexity index is 175. The molecular formula is C13H26N2. The minimum absolute atomic E-state index is 0.937. The summed E-state index contributed by atoms with van der Waals surface area (Å²) >= 11 is 0. The second kappa shape index (κ2) is 5.86. The molecule has 0 amide bonds. The van der Waals surface area contributed by atoms with Crippen molar-refractivity contribution in [2.75, 3.05) is 32.7 Å². The number of hydrogen-bond acceptors (Lipinski definition) is 2. The van der Waals surface area contributed by atoms with Gasteiger partial charge in [0.05, 0.1) is 0 Å². The molecule has 0 aromatic rings. The van der Waals surface area contributed by atoms with Gasteiger partial charge in [0, 0.05) is 6.54 Å². The lowest BCUT2D eigenvalue weighted by atomic mass is 9.93. The van der Waals surface area contributed by atoms with Crippen LogP contribution in [0.5, 0.6) is 0 Å². The van der Waals surface area contributed by atoms with Crippen LogP contribution in [0.4, 0.5) is 0 Å². The fraction of sp³-hybridized carbons (Fsp3) is 1.00. The minimum Gasteiger partial charge on any atom is -0.317 e. The van der Waals surface area contributed by atoms with Crippen molar-refractivity contribution in [3.8, 4) is 0 Å². The number of nitrogens with one attached hydrogen (secondary N) is 1. The predicted molar refractivity (Wildman–Crippen MR) is 65.0 cm³/mol. The van der Waals surface area contributed by atoms with Crippen LogP contribution >= 0.6 is 0 Å².